The topological polar surface area (TPSA) is 107 Å². The van der Waals surface area contributed by atoms with Gasteiger partial charge in [-0.15, -0.1) is 0 Å². The van der Waals surface area contributed by atoms with Gasteiger partial charge < -0.3 is 24.5 Å². The fourth-order valence-corrected chi connectivity index (χ4v) is 3.17. The monoisotopic (exact) mass is 436 g/mol. The van der Waals surface area contributed by atoms with Gasteiger partial charge in [-0.05, 0) is 43.2 Å². The molecule has 8 heteroatoms. The number of esters is 2. The number of H-pyrrole nitrogens is 1. The van der Waals surface area contributed by atoms with Crippen molar-refractivity contribution in [3.05, 3.63) is 77.1 Å². The average Bonchev–Trinajstić information content (AvgIpc) is 3.15. The summed E-state index contributed by atoms with van der Waals surface area (Å²) in [6, 6.07) is 16.1. The highest BCUT2D eigenvalue weighted by Crippen LogP contribution is 2.29. The predicted molar refractivity (Wildman–Crippen MR) is 118 cm³/mol. The van der Waals surface area contributed by atoms with Crippen molar-refractivity contribution in [2.75, 3.05) is 19.0 Å². The molecule has 8 nitrogen and oxygen atoms in total. The first-order valence-electron chi connectivity index (χ1n) is 10.0. The highest BCUT2D eigenvalue weighted by molar-refractivity contribution is 6.00. The van der Waals surface area contributed by atoms with Gasteiger partial charge in [0, 0.05) is 5.69 Å². The van der Waals surface area contributed by atoms with Gasteiger partial charge in [0.2, 0.25) is 0 Å². The first-order valence-corrected chi connectivity index (χ1v) is 10.0. The van der Waals surface area contributed by atoms with E-state index < -0.39 is 24.5 Å². The molecule has 0 radical (unpaired) electrons. The van der Waals surface area contributed by atoms with E-state index in [1.807, 2.05) is 25.1 Å². The molecule has 166 valence electrons. The third-order valence-corrected chi connectivity index (χ3v) is 4.74. The molecule has 3 aromatic rings. The van der Waals surface area contributed by atoms with Crippen LogP contribution in [0.4, 0.5) is 5.69 Å². The van der Waals surface area contributed by atoms with E-state index in [1.54, 1.807) is 43.3 Å². The van der Waals surface area contributed by atoms with Crippen molar-refractivity contribution in [2.45, 2.75) is 20.3 Å². The number of para-hydroxylation sites is 3. The Morgan fingerprint density at radius 2 is 1.66 bits per heavy atom. The number of hydrogen-bond donors (Lipinski definition) is 2. The van der Waals surface area contributed by atoms with Gasteiger partial charge >= 0.3 is 11.9 Å². The second-order valence-corrected chi connectivity index (χ2v) is 6.86. The van der Waals surface area contributed by atoms with Gasteiger partial charge in [-0.25, -0.2) is 9.59 Å². The molecule has 0 atom stereocenters. The Labute approximate surface area is 185 Å². The number of aryl methyl sites for hydroxylation is 1. The van der Waals surface area contributed by atoms with Crippen LogP contribution in [0.2, 0.25) is 0 Å². The standard InChI is InChI=1S/C24H24N2O6/c1-4-17-21(23(28)30-3)15(2)22(26-17)24(29)31-14-20(27)25-18-12-8-9-13-19(18)32-16-10-6-5-7-11-16/h5-13,26H,4,14H2,1-3H3,(H,25,27). The van der Waals surface area contributed by atoms with Crippen molar-refractivity contribution in [2.24, 2.45) is 0 Å². The van der Waals surface area contributed by atoms with Crippen molar-refractivity contribution >= 4 is 23.5 Å². The highest BCUT2D eigenvalue weighted by atomic mass is 16.5. The van der Waals surface area contributed by atoms with Crippen LogP contribution >= 0.6 is 0 Å². The normalized spacial score (nSPS) is 10.3. The Morgan fingerprint density at radius 3 is 2.34 bits per heavy atom. The Kier molecular flexibility index (Phi) is 7.28. The molecule has 0 aliphatic rings. The molecule has 1 aromatic heterocycles. The third-order valence-electron chi connectivity index (χ3n) is 4.74. The number of aromatic amines is 1. The van der Waals surface area contributed by atoms with Crippen molar-refractivity contribution < 1.29 is 28.6 Å². The minimum Gasteiger partial charge on any atom is -0.465 e. The molecule has 3 rings (SSSR count). The highest BCUT2D eigenvalue weighted by Gasteiger charge is 2.25. The van der Waals surface area contributed by atoms with Crippen molar-refractivity contribution in [1.82, 2.24) is 4.98 Å². The lowest BCUT2D eigenvalue weighted by molar-refractivity contribution is -0.119. The summed E-state index contributed by atoms with van der Waals surface area (Å²) in [6.45, 7) is 2.96. The maximum Gasteiger partial charge on any atom is 0.355 e. The Balaban J connectivity index is 1.66. The summed E-state index contributed by atoms with van der Waals surface area (Å²) in [5.41, 5.74) is 1.84. The quantitative estimate of drug-likeness (QED) is 0.511. The van der Waals surface area contributed by atoms with E-state index in [2.05, 4.69) is 10.3 Å². The van der Waals surface area contributed by atoms with Crippen LogP contribution in [0.3, 0.4) is 0 Å². The minimum atomic E-state index is -0.740. The van der Waals surface area contributed by atoms with Crippen LogP contribution in [0.25, 0.3) is 0 Å². The maximum absolute atomic E-state index is 12.5. The van der Waals surface area contributed by atoms with Crippen LogP contribution in [0.5, 0.6) is 11.5 Å². The van der Waals surface area contributed by atoms with Crippen molar-refractivity contribution in [3.8, 4) is 11.5 Å². The number of anilines is 1. The van der Waals surface area contributed by atoms with Gasteiger partial charge in [-0.3, -0.25) is 4.79 Å². The lowest BCUT2D eigenvalue weighted by atomic mass is 10.1. The molecule has 0 bridgehead atoms. The molecule has 2 N–H and O–H groups in total. The number of methoxy groups -OCH3 is 1. The zero-order chi connectivity index (χ0) is 23.1. The van der Waals surface area contributed by atoms with Crippen LogP contribution in [0.1, 0.15) is 39.0 Å². The first-order chi connectivity index (χ1) is 15.4. The number of rotatable bonds is 8. The molecule has 32 heavy (non-hydrogen) atoms. The summed E-state index contributed by atoms with van der Waals surface area (Å²) in [6.07, 6.45) is 0.497. The van der Waals surface area contributed by atoms with Gasteiger partial charge in [0.05, 0.1) is 18.4 Å². The number of benzene rings is 2. The molecule has 0 aliphatic heterocycles. The maximum atomic E-state index is 12.5. The number of carbonyl (C=O) groups excluding carboxylic acids is 3. The van der Waals surface area contributed by atoms with Crippen LogP contribution in [0, 0.1) is 6.92 Å². The second kappa shape index (κ2) is 10.3. The third kappa shape index (κ3) is 5.15. The number of hydrogen-bond acceptors (Lipinski definition) is 6. The summed E-state index contributed by atoms with van der Waals surface area (Å²) in [5, 5.41) is 2.68. The molecule has 2 aromatic carbocycles. The zero-order valence-electron chi connectivity index (χ0n) is 18.1. The molecule has 0 saturated heterocycles. The van der Waals surface area contributed by atoms with E-state index >= 15 is 0 Å². The molecule has 0 spiro atoms. The Morgan fingerprint density at radius 1 is 0.969 bits per heavy atom. The molecule has 1 heterocycles. The molecule has 1 amide bonds. The van der Waals surface area contributed by atoms with E-state index in [0.29, 0.717) is 40.4 Å². The van der Waals surface area contributed by atoms with E-state index in [9.17, 15) is 14.4 Å². The van der Waals surface area contributed by atoms with Gasteiger partial charge in [-0.2, -0.15) is 0 Å². The fourth-order valence-electron chi connectivity index (χ4n) is 3.17. The van der Waals surface area contributed by atoms with Crippen molar-refractivity contribution in [1.29, 1.82) is 0 Å². The lowest BCUT2D eigenvalue weighted by Gasteiger charge is -2.12. The Bertz CT molecular complexity index is 1120. The molecule has 0 saturated carbocycles. The van der Waals surface area contributed by atoms with Crippen LogP contribution in [0.15, 0.2) is 54.6 Å². The van der Waals surface area contributed by atoms with Gasteiger partial charge in [-0.1, -0.05) is 37.3 Å². The van der Waals surface area contributed by atoms with Crippen LogP contribution < -0.4 is 10.1 Å². The average molecular weight is 436 g/mol. The minimum absolute atomic E-state index is 0.114. The first kappa shape index (κ1) is 22.6. The second-order valence-electron chi connectivity index (χ2n) is 6.86. The number of carbonyl (C=O) groups is 3. The number of ether oxygens (including phenoxy) is 3. The molecule has 0 fully saturated rings. The van der Waals surface area contributed by atoms with Gasteiger partial charge in [0.15, 0.2) is 12.4 Å². The molecular weight excluding hydrogens is 412 g/mol. The van der Waals surface area contributed by atoms with Gasteiger partial charge in [0.1, 0.15) is 11.4 Å². The Hall–Kier alpha value is -4.07. The number of nitrogens with one attached hydrogen (secondary N) is 2. The predicted octanol–water partition coefficient (Wildman–Crippen LogP) is 4.26. The van der Waals surface area contributed by atoms with Crippen LogP contribution in [-0.4, -0.2) is 36.5 Å². The summed E-state index contributed by atoms with van der Waals surface area (Å²) in [5.74, 6) is -0.737. The van der Waals surface area contributed by atoms with Crippen molar-refractivity contribution in [3.63, 3.8) is 0 Å². The summed E-state index contributed by atoms with van der Waals surface area (Å²) < 4.78 is 15.7. The SMILES string of the molecule is CCc1[nH]c(C(=O)OCC(=O)Nc2ccccc2Oc2ccccc2)c(C)c1C(=O)OC. The fraction of sp³-hybridized carbons (Fsp3) is 0.208. The lowest BCUT2D eigenvalue weighted by Crippen LogP contribution is -2.21. The van der Waals surface area contributed by atoms with E-state index in [-0.39, 0.29) is 5.69 Å². The molecule has 0 unspecified atom stereocenters. The molecule has 0 aliphatic carbocycles. The summed E-state index contributed by atoms with van der Waals surface area (Å²) >= 11 is 0. The largest absolute Gasteiger partial charge is 0.465 e. The van der Waals surface area contributed by atoms with E-state index in [1.165, 1.54) is 7.11 Å². The van der Waals surface area contributed by atoms with Crippen LogP contribution in [-0.2, 0) is 20.7 Å². The summed E-state index contributed by atoms with van der Waals surface area (Å²) in [7, 11) is 1.27. The van der Waals surface area contributed by atoms with Gasteiger partial charge in [0.25, 0.3) is 5.91 Å². The summed E-state index contributed by atoms with van der Waals surface area (Å²) in [4.78, 5) is 39.8. The smallest absolute Gasteiger partial charge is 0.355 e. The number of amides is 1. The zero-order valence-corrected chi connectivity index (χ0v) is 18.1. The molecular formula is C24H24N2O6. The van der Waals surface area contributed by atoms with E-state index in [0.717, 1.165) is 0 Å². The number of aromatic nitrogens is 1. The van der Waals surface area contributed by atoms with E-state index in [4.69, 9.17) is 14.2 Å².